The molecule has 10 heteroatoms. The van der Waals surface area contributed by atoms with Crippen LogP contribution in [0.4, 0.5) is 0 Å². The second-order valence-electron chi connectivity index (χ2n) is 8.64. The smallest absolute Gasteiger partial charge is 0.344 e. The van der Waals surface area contributed by atoms with Crippen molar-refractivity contribution in [1.82, 2.24) is 9.66 Å². The molecule has 1 aromatic heterocycles. The zero-order valence-corrected chi connectivity index (χ0v) is 22.4. The first-order valence-electron chi connectivity index (χ1n) is 11.9. The zero-order chi connectivity index (χ0) is 25.8. The predicted molar refractivity (Wildman–Crippen MR) is 143 cm³/mol. The fourth-order valence-electron chi connectivity index (χ4n) is 4.30. The maximum atomic E-state index is 13.4. The minimum Gasteiger partial charge on any atom is -0.490 e. The number of rotatable bonds is 8. The highest BCUT2D eigenvalue weighted by Gasteiger charge is 2.24. The molecule has 0 amide bonds. The van der Waals surface area contributed by atoms with Crippen molar-refractivity contribution in [3.8, 4) is 11.5 Å². The molecule has 0 unspecified atom stereocenters. The third-order valence-corrected chi connectivity index (χ3v) is 7.60. The van der Waals surface area contributed by atoms with Gasteiger partial charge in [-0.2, -0.15) is 9.78 Å². The van der Waals surface area contributed by atoms with Gasteiger partial charge < -0.3 is 14.6 Å². The van der Waals surface area contributed by atoms with E-state index in [2.05, 4.69) is 21.0 Å². The van der Waals surface area contributed by atoms with Gasteiger partial charge in [-0.05, 0) is 60.8 Å². The molecule has 1 N–H and O–H groups in total. The van der Waals surface area contributed by atoms with E-state index < -0.39 is 12.1 Å². The number of carbonyl (C=O) groups is 1. The van der Waals surface area contributed by atoms with E-state index in [0.29, 0.717) is 33.4 Å². The van der Waals surface area contributed by atoms with Crippen molar-refractivity contribution in [3.05, 3.63) is 61.6 Å². The number of ether oxygens (including phenoxy) is 2. The SMILES string of the molecule is CCOc1cc(C=Nn2c(C3CCCCC3)nc3ccccc3c2=O)c(Br)c(Cl)c1O[C@@H](C)C(=O)O. The van der Waals surface area contributed by atoms with Crippen LogP contribution < -0.4 is 15.0 Å². The summed E-state index contributed by atoms with van der Waals surface area (Å²) in [6.45, 7) is 3.51. The van der Waals surface area contributed by atoms with E-state index in [9.17, 15) is 14.7 Å². The largest absolute Gasteiger partial charge is 0.490 e. The van der Waals surface area contributed by atoms with E-state index in [1.165, 1.54) is 24.2 Å². The van der Waals surface area contributed by atoms with E-state index in [1.807, 2.05) is 12.1 Å². The van der Waals surface area contributed by atoms with Crippen LogP contribution in [-0.4, -0.2) is 39.7 Å². The molecule has 1 fully saturated rings. The Bertz CT molecular complexity index is 1370. The lowest BCUT2D eigenvalue weighted by molar-refractivity contribution is -0.144. The summed E-state index contributed by atoms with van der Waals surface area (Å²) in [5.74, 6) is 0.0555. The lowest BCUT2D eigenvalue weighted by Gasteiger charge is -2.22. The summed E-state index contributed by atoms with van der Waals surface area (Å²) in [6, 6.07) is 8.92. The summed E-state index contributed by atoms with van der Waals surface area (Å²) >= 11 is 10.0. The Morgan fingerprint density at radius 3 is 2.75 bits per heavy atom. The molecule has 190 valence electrons. The molecule has 2 aromatic carbocycles. The summed E-state index contributed by atoms with van der Waals surface area (Å²) in [5, 5.41) is 14.4. The number of para-hydroxylation sites is 1. The third kappa shape index (κ3) is 5.42. The highest BCUT2D eigenvalue weighted by molar-refractivity contribution is 9.10. The van der Waals surface area contributed by atoms with Crippen LogP contribution in [0.15, 0.2) is 44.7 Å². The van der Waals surface area contributed by atoms with Crippen LogP contribution in [0.2, 0.25) is 5.02 Å². The third-order valence-electron chi connectivity index (χ3n) is 6.16. The highest BCUT2D eigenvalue weighted by atomic mass is 79.9. The maximum Gasteiger partial charge on any atom is 0.344 e. The van der Waals surface area contributed by atoms with Crippen molar-refractivity contribution < 1.29 is 19.4 Å². The second-order valence-corrected chi connectivity index (χ2v) is 9.81. The molecule has 1 saturated carbocycles. The van der Waals surface area contributed by atoms with Crippen molar-refractivity contribution in [1.29, 1.82) is 0 Å². The molecule has 36 heavy (non-hydrogen) atoms. The van der Waals surface area contributed by atoms with E-state index >= 15 is 0 Å². The molecule has 0 bridgehead atoms. The van der Waals surface area contributed by atoms with Gasteiger partial charge >= 0.3 is 5.97 Å². The minimum absolute atomic E-state index is 0.116. The van der Waals surface area contributed by atoms with Crippen LogP contribution in [0, 0.1) is 0 Å². The summed E-state index contributed by atoms with van der Waals surface area (Å²) in [6.07, 6.45) is 5.66. The number of aromatic nitrogens is 2. The van der Waals surface area contributed by atoms with Gasteiger partial charge in [0.1, 0.15) is 10.8 Å². The number of hydrogen-bond donors (Lipinski definition) is 1. The lowest BCUT2D eigenvalue weighted by Crippen LogP contribution is -2.25. The van der Waals surface area contributed by atoms with Gasteiger partial charge in [-0.3, -0.25) is 4.79 Å². The lowest BCUT2D eigenvalue weighted by atomic mass is 9.88. The number of fused-ring (bicyclic) bond motifs is 1. The molecule has 1 aliphatic carbocycles. The summed E-state index contributed by atoms with van der Waals surface area (Å²) in [4.78, 5) is 29.6. The molecule has 1 heterocycles. The highest BCUT2D eigenvalue weighted by Crippen LogP contribution is 2.43. The van der Waals surface area contributed by atoms with E-state index in [1.54, 1.807) is 25.1 Å². The van der Waals surface area contributed by atoms with Gasteiger partial charge in [-0.1, -0.05) is 43.0 Å². The molecular formula is C26H27BrClN3O5. The first kappa shape index (κ1) is 26.2. The number of carboxylic acids is 1. The average Bonchev–Trinajstić information content (AvgIpc) is 2.88. The fourth-order valence-corrected chi connectivity index (χ4v) is 4.94. The van der Waals surface area contributed by atoms with E-state index in [4.69, 9.17) is 26.1 Å². The Labute approximate surface area is 222 Å². The quantitative estimate of drug-likeness (QED) is 0.330. The topological polar surface area (TPSA) is 103 Å². The van der Waals surface area contributed by atoms with Gasteiger partial charge in [0.2, 0.25) is 0 Å². The Morgan fingerprint density at radius 2 is 2.06 bits per heavy atom. The first-order valence-corrected chi connectivity index (χ1v) is 13.1. The number of nitrogens with zero attached hydrogens (tertiary/aromatic N) is 3. The normalized spacial score (nSPS) is 15.3. The summed E-state index contributed by atoms with van der Waals surface area (Å²) < 4.78 is 13.1. The van der Waals surface area contributed by atoms with Crippen LogP contribution in [0.1, 0.15) is 63.3 Å². The van der Waals surface area contributed by atoms with Gasteiger partial charge in [-0.15, -0.1) is 0 Å². The molecule has 1 aliphatic rings. The Kier molecular flexibility index (Phi) is 8.31. The van der Waals surface area contributed by atoms with Crippen LogP contribution in [0.25, 0.3) is 10.9 Å². The van der Waals surface area contributed by atoms with Crippen molar-refractivity contribution in [3.63, 3.8) is 0 Å². The molecule has 8 nitrogen and oxygen atoms in total. The monoisotopic (exact) mass is 575 g/mol. The van der Waals surface area contributed by atoms with Crippen LogP contribution in [0.3, 0.4) is 0 Å². The van der Waals surface area contributed by atoms with Gasteiger partial charge in [0.05, 0.1) is 23.7 Å². The van der Waals surface area contributed by atoms with Crippen molar-refractivity contribution in [2.45, 2.75) is 58.0 Å². The summed E-state index contributed by atoms with van der Waals surface area (Å²) in [5.41, 5.74) is 0.958. The Balaban J connectivity index is 1.81. The molecule has 0 saturated heterocycles. The molecule has 0 spiro atoms. The molecule has 1 atom stereocenters. The van der Waals surface area contributed by atoms with Crippen molar-refractivity contribution in [2.24, 2.45) is 5.10 Å². The summed E-state index contributed by atoms with van der Waals surface area (Å²) in [7, 11) is 0. The minimum atomic E-state index is -1.13. The standard InChI is InChI=1S/C26H27BrClN3O5/c1-3-35-20-13-17(21(27)22(28)23(20)36-15(2)26(33)34)14-29-31-24(16-9-5-4-6-10-16)30-19-12-8-7-11-18(19)25(31)32/h7-8,11-16H,3-6,9-10H2,1-2H3,(H,33,34)/t15-/m0/s1. The van der Waals surface area contributed by atoms with E-state index in [0.717, 1.165) is 25.7 Å². The second kappa shape index (κ2) is 11.4. The maximum absolute atomic E-state index is 13.4. The number of aliphatic carboxylic acids is 1. The van der Waals surface area contributed by atoms with Crippen molar-refractivity contribution in [2.75, 3.05) is 6.61 Å². The number of hydrogen-bond acceptors (Lipinski definition) is 6. The van der Waals surface area contributed by atoms with Crippen LogP contribution >= 0.6 is 27.5 Å². The fraction of sp³-hybridized carbons (Fsp3) is 0.385. The number of benzene rings is 2. The molecule has 4 rings (SSSR count). The predicted octanol–water partition coefficient (Wildman–Crippen LogP) is 5.99. The molecule has 0 aliphatic heterocycles. The molecule has 3 aromatic rings. The Hall–Kier alpha value is -2.91. The van der Waals surface area contributed by atoms with Crippen LogP contribution in [0.5, 0.6) is 11.5 Å². The Morgan fingerprint density at radius 1 is 1.33 bits per heavy atom. The zero-order valence-electron chi connectivity index (χ0n) is 20.0. The average molecular weight is 577 g/mol. The first-order chi connectivity index (χ1) is 17.3. The number of carboxylic acid groups (broad SMARTS) is 1. The van der Waals surface area contributed by atoms with Crippen molar-refractivity contribution >= 4 is 50.6 Å². The molecular weight excluding hydrogens is 550 g/mol. The van der Waals surface area contributed by atoms with Crippen LogP contribution in [-0.2, 0) is 4.79 Å². The number of halogens is 2. The van der Waals surface area contributed by atoms with Gasteiger partial charge in [0, 0.05) is 16.0 Å². The van der Waals surface area contributed by atoms with E-state index in [-0.39, 0.29) is 28.0 Å². The van der Waals surface area contributed by atoms with Gasteiger partial charge in [-0.25, -0.2) is 9.78 Å². The molecule has 0 radical (unpaired) electrons. The van der Waals surface area contributed by atoms with Gasteiger partial charge in [0.25, 0.3) is 5.56 Å². The van der Waals surface area contributed by atoms with Gasteiger partial charge in [0.15, 0.2) is 17.6 Å².